The van der Waals surface area contributed by atoms with Gasteiger partial charge < -0.3 is 19.9 Å². The Morgan fingerprint density at radius 2 is 1.36 bits per heavy atom. The van der Waals surface area contributed by atoms with E-state index in [9.17, 15) is 25.2 Å². The minimum absolute atomic E-state index is 0.299. The number of rotatable bonds is 9. The van der Waals surface area contributed by atoms with Crippen LogP contribution in [0.5, 0.6) is 11.5 Å². The monoisotopic (exact) mass is 399 g/mol. The molecule has 0 aliphatic carbocycles. The summed E-state index contributed by atoms with van der Waals surface area (Å²) < 4.78 is 69.7. The Labute approximate surface area is 142 Å². The summed E-state index contributed by atoms with van der Waals surface area (Å²) >= 11 is 0. The van der Waals surface area contributed by atoms with Crippen LogP contribution in [0.15, 0.2) is 18.2 Å². The van der Waals surface area contributed by atoms with Gasteiger partial charge in [-0.2, -0.15) is 0 Å². The average Bonchev–Trinajstić information content (AvgIpc) is 2.47. The molecule has 0 aliphatic rings. The molecule has 0 heterocycles. The zero-order chi connectivity index (χ0) is 19.6. The number of aliphatic hydroxyl groups is 1. The van der Waals surface area contributed by atoms with Gasteiger partial charge in [-0.15, -0.1) is 0 Å². The van der Waals surface area contributed by atoms with Gasteiger partial charge in [-0.25, -0.2) is 0 Å². The van der Waals surface area contributed by atoms with Gasteiger partial charge in [0.25, 0.3) is 0 Å². The third-order valence-electron chi connectivity index (χ3n) is 2.86. The number of hydrogen-bond donors (Lipinski definition) is 2. The maximum absolute atomic E-state index is 10.7. The molecule has 3 N–H and O–H groups in total. The zero-order valence-corrected chi connectivity index (χ0v) is 14.9. The summed E-state index contributed by atoms with van der Waals surface area (Å²) in [4.78, 5) is 0. The van der Waals surface area contributed by atoms with Crippen molar-refractivity contribution >= 4 is 7.81 Å². The first kappa shape index (κ1) is 23.8. The molecular weight excluding hydrogens is 375 g/mol. The van der Waals surface area contributed by atoms with Crippen molar-refractivity contribution in [3.05, 3.63) is 23.8 Å². The fourth-order valence-electron chi connectivity index (χ4n) is 1.83. The van der Waals surface area contributed by atoms with Crippen LogP contribution in [0.3, 0.4) is 0 Å². The van der Waals surface area contributed by atoms with Crippen LogP contribution in [0.1, 0.15) is 24.8 Å². The summed E-state index contributed by atoms with van der Waals surface area (Å²) in [5, 5.41) is 10.9. The Bertz CT molecular complexity index is 491. The predicted molar refractivity (Wildman–Crippen MR) is 84.5 cm³/mol. The van der Waals surface area contributed by atoms with Crippen molar-refractivity contribution < 1.29 is 45.1 Å². The SMILES string of the molecule is COc1cc(C[NH2+]CCCCCO)cc(OC)c1.F[P-](F)(F)(F)(F)F. The first-order valence-electron chi connectivity index (χ1n) is 7.46. The standard InChI is InChI=1S/C14H23NO3.F6P/c1-17-13-8-12(9-14(10-13)18-2)11-15-6-4-3-5-7-16;1-7(2,3,4,5)6/h8-10,15-16H,3-7,11H2,1-2H3;/q;-1/p+1. The van der Waals surface area contributed by atoms with E-state index in [1.807, 2.05) is 18.2 Å². The van der Waals surface area contributed by atoms with Crippen molar-refractivity contribution in [3.63, 3.8) is 0 Å². The van der Waals surface area contributed by atoms with E-state index in [1.165, 1.54) is 5.56 Å². The van der Waals surface area contributed by atoms with Crippen LogP contribution < -0.4 is 14.8 Å². The third-order valence-corrected chi connectivity index (χ3v) is 2.86. The predicted octanol–water partition coefficient (Wildman–Crippen LogP) is 4.31. The van der Waals surface area contributed by atoms with E-state index < -0.39 is 7.81 Å². The summed E-state index contributed by atoms with van der Waals surface area (Å²) in [7, 11) is -7.33. The molecule has 11 heteroatoms. The number of nitrogens with two attached hydrogens (primary N) is 1. The molecule has 0 fully saturated rings. The number of halogens is 6. The van der Waals surface area contributed by atoms with Crippen LogP contribution >= 0.6 is 7.81 Å². The molecule has 4 nitrogen and oxygen atoms in total. The van der Waals surface area contributed by atoms with Crippen LogP contribution in [0.2, 0.25) is 0 Å². The van der Waals surface area contributed by atoms with Crippen molar-refractivity contribution in [1.82, 2.24) is 0 Å². The van der Waals surface area contributed by atoms with E-state index in [4.69, 9.17) is 14.6 Å². The number of ether oxygens (including phenoxy) is 2. The molecule has 1 aromatic carbocycles. The first-order chi connectivity index (χ1) is 11.2. The van der Waals surface area contributed by atoms with E-state index in [0.29, 0.717) is 6.61 Å². The van der Waals surface area contributed by atoms with E-state index in [2.05, 4.69) is 5.32 Å². The van der Waals surface area contributed by atoms with Gasteiger partial charge in [-0.05, 0) is 31.4 Å². The second-order valence-corrected chi connectivity index (χ2v) is 7.16. The van der Waals surface area contributed by atoms with Gasteiger partial charge >= 0.3 is 33.0 Å². The van der Waals surface area contributed by atoms with Gasteiger partial charge in [-0.3, -0.25) is 0 Å². The van der Waals surface area contributed by atoms with Crippen LogP contribution in [0.25, 0.3) is 0 Å². The molecule has 0 amide bonds. The summed E-state index contributed by atoms with van der Waals surface area (Å²) in [6, 6.07) is 5.95. The maximum atomic E-state index is 9.87. The third kappa shape index (κ3) is 18.9. The molecular formula is C14H24F6NO3P. The van der Waals surface area contributed by atoms with Gasteiger partial charge in [0.15, 0.2) is 0 Å². The van der Waals surface area contributed by atoms with E-state index in [1.54, 1.807) is 14.2 Å². The van der Waals surface area contributed by atoms with E-state index in [-0.39, 0.29) is 0 Å². The quantitative estimate of drug-likeness (QED) is 0.370. The second kappa shape index (κ2) is 8.91. The van der Waals surface area contributed by atoms with E-state index in [0.717, 1.165) is 43.9 Å². The molecule has 1 rings (SSSR count). The average molecular weight is 399 g/mol. The van der Waals surface area contributed by atoms with Crippen LogP contribution in [0, 0.1) is 0 Å². The Hall–Kier alpha value is -1.25. The van der Waals surface area contributed by atoms with Crippen molar-refractivity contribution in [3.8, 4) is 11.5 Å². The minimum atomic E-state index is -10.7. The van der Waals surface area contributed by atoms with Gasteiger partial charge in [0.1, 0.15) is 18.0 Å². The fourth-order valence-corrected chi connectivity index (χ4v) is 1.83. The van der Waals surface area contributed by atoms with Gasteiger partial charge in [0.05, 0.1) is 20.8 Å². The second-order valence-electron chi connectivity index (χ2n) is 5.24. The van der Waals surface area contributed by atoms with Crippen LogP contribution in [-0.4, -0.2) is 32.5 Å². The van der Waals surface area contributed by atoms with Gasteiger partial charge in [0.2, 0.25) is 0 Å². The molecule has 0 aliphatic heterocycles. The van der Waals surface area contributed by atoms with Gasteiger partial charge in [-0.1, -0.05) is 0 Å². The normalized spacial score (nSPS) is 14.0. The summed E-state index contributed by atoms with van der Waals surface area (Å²) in [5.74, 6) is 1.66. The van der Waals surface area contributed by atoms with Crippen molar-refractivity contribution in [2.24, 2.45) is 0 Å². The Kier molecular flexibility index (Phi) is 8.47. The molecule has 0 atom stereocenters. The van der Waals surface area contributed by atoms with Crippen LogP contribution in [-0.2, 0) is 6.54 Å². The number of methoxy groups -OCH3 is 2. The van der Waals surface area contributed by atoms with Crippen molar-refractivity contribution in [2.75, 3.05) is 27.4 Å². The number of hydrogen-bond acceptors (Lipinski definition) is 3. The summed E-state index contributed by atoms with van der Waals surface area (Å²) in [5.41, 5.74) is 1.20. The molecule has 0 unspecified atom stereocenters. The fraction of sp³-hybridized carbons (Fsp3) is 0.571. The summed E-state index contributed by atoms with van der Waals surface area (Å²) in [6.07, 6.45) is 3.14. The van der Waals surface area contributed by atoms with Crippen molar-refractivity contribution in [2.45, 2.75) is 25.8 Å². The molecule has 1 aromatic rings. The molecule has 0 spiro atoms. The topological polar surface area (TPSA) is 55.3 Å². The number of aliphatic hydroxyl groups excluding tert-OH is 1. The van der Waals surface area contributed by atoms with E-state index >= 15 is 0 Å². The number of benzene rings is 1. The molecule has 25 heavy (non-hydrogen) atoms. The molecule has 0 aromatic heterocycles. The van der Waals surface area contributed by atoms with Gasteiger partial charge in [0, 0.05) is 18.2 Å². The first-order valence-corrected chi connectivity index (χ1v) is 9.49. The molecule has 0 radical (unpaired) electrons. The zero-order valence-electron chi connectivity index (χ0n) is 14.0. The molecule has 0 saturated heterocycles. The Balaban J connectivity index is 0.000000697. The van der Waals surface area contributed by atoms with Crippen molar-refractivity contribution in [1.29, 1.82) is 0 Å². The molecule has 0 bridgehead atoms. The summed E-state index contributed by atoms with van der Waals surface area (Å²) in [6.45, 7) is 2.30. The number of unbranched alkanes of at least 4 members (excludes halogenated alkanes) is 2. The molecule has 150 valence electrons. The van der Waals surface area contributed by atoms with Crippen LogP contribution in [0.4, 0.5) is 25.2 Å². The molecule has 0 saturated carbocycles. The Morgan fingerprint density at radius 1 is 0.880 bits per heavy atom. The number of quaternary nitrogens is 1. The Morgan fingerprint density at radius 3 is 1.76 bits per heavy atom.